The molecule has 6 heteroatoms. The maximum absolute atomic E-state index is 5.93. The third-order valence-electron chi connectivity index (χ3n) is 3.12. The Morgan fingerprint density at radius 2 is 1.79 bits per heavy atom. The molecule has 2 aromatic heterocycles. The van der Waals surface area contributed by atoms with E-state index in [1.54, 1.807) is 0 Å². The van der Waals surface area contributed by atoms with Crippen molar-refractivity contribution in [2.45, 2.75) is 0 Å². The summed E-state index contributed by atoms with van der Waals surface area (Å²) in [7, 11) is 1.95. The molecular weight excluding hydrogens is 306 g/mol. The van der Waals surface area contributed by atoms with Gasteiger partial charge in [-0.3, -0.25) is 0 Å². The van der Waals surface area contributed by atoms with Crippen LogP contribution >= 0.6 is 15.9 Å². The highest BCUT2D eigenvalue weighted by atomic mass is 79.9. The Balaban J connectivity index is 2.36. The van der Waals surface area contributed by atoms with E-state index in [2.05, 4.69) is 25.9 Å². The number of hydrogen-bond acceptors (Lipinski definition) is 4. The number of anilines is 2. The smallest absolute Gasteiger partial charge is 0.146 e. The molecule has 3 aromatic rings. The average Bonchev–Trinajstić information content (AvgIpc) is 2.65. The van der Waals surface area contributed by atoms with E-state index in [0.717, 1.165) is 32.5 Å². The molecule has 2 heterocycles. The third kappa shape index (κ3) is 1.76. The number of nitrogen functional groups attached to an aromatic ring is 2. The quantitative estimate of drug-likeness (QED) is 0.676. The van der Waals surface area contributed by atoms with Gasteiger partial charge in [0.15, 0.2) is 0 Å². The summed E-state index contributed by atoms with van der Waals surface area (Å²) < 4.78 is 2.89. The van der Waals surface area contributed by atoms with Crippen LogP contribution in [0.5, 0.6) is 0 Å². The summed E-state index contributed by atoms with van der Waals surface area (Å²) >= 11 is 3.60. The van der Waals surface area contributed by atoms with E-state index < -0.39 is 0 Å². The molecule has 0 fully saturated rings. The Hall–Kier alpha value is -2.08. The molecule has 3 rings (SSSR count). The second-order valence-electron chi connectivity index (χ2n) is 4.30. The molecule has 1 aromatic carbocycles. The van der Waals surface area contributed by atoms with Crippen molar-refractivity contribution in [3.63, 3.8) is 0 Å². The zero-order valence-corrected chi connectivity index (χ0v) is 11.8. The number of aryl methyl sites for hydroxylation is 1. The van der Waals surface area contributed by atoms with E-state index in [1.807, 2.05) is 35.9 Å². The van der Waals surface area contributed by atoms with Gasteiger partial charge in [-0.15, -0.1) is 0 Å². The van der Waals surface area contributed by atoms with Gasteiger partial charge in [0, 0.05) is 12.7 Å². The minimum absolute atomic E-state index is 0.467. The molecule has 5 nitrogen and oxygen atoms in total. The standard InChI is InChI=1S/C13H12BrN5/c1-19-11(7-2-4-8(15)5-3-7)10(14)9-12(16)17-6-18-13(9)19/h2-6H,15H2,1H3,(H2,16,17,18). The van der Waals surface area contributed by atoms with Gasteiger partial charge in [-0.25, -0.2) is 9.97 Å². The highest BCUT2D eigenvalue weighted by molar-refractivity contribution is 9.10. The van der Waals surface area contributed by atoms with E-state index >= 15 is 0 Å². The molecule has 0 bridgehead atoms. The minimum atomic E-state index is 0.467. The SMILES string of the molecule is Cn1c(-c2ccc(N)cc2)c(Br)c2c(N)ncnc21. The molecule has 0 atom stereocenters. The lowest BCUT2D eigenvalue weighted by Crippen LogP contribution is -1.95. The first-order valence-electron chi connectivity index (χ1n) is 5.70. The van der Waals surface area contributed by atoms with E-state index in [4.69, 9.17) is 11.5 Å². The molecule has 0 saturated heterocycles. The predicted octanol–water partition coefficient (Wildman–Crippen LogP) is 2.56. The van der Waals surface area contributed by atoms with E-state index in [1.165, 1.54) is 6.33 Å². The number of fused-ring (bicyclic) bond motifs is 1. The number of nitrogens with zero attached hydrogens (tertiary/aromatic N) is 3. The fraction of sp³-hybridized carbons (Fsp3) is 0.0769. The summed E-state index contributed by atoms with van der Waals surface area (Å²) in [4.78, 5) is 8.32. The first-order chi connectivity index (χ1) is 9.09. The molecule has 0 aliphatic heterocycles. The summed E-state index contributed by atoms with van der Waals surface area (Å²) in [5.74, 6) is 0.467. The molecule has 0 aliphatic carbocycles. The van der Waals surface area contributed by atoms with Gasteiger partial charge in [-0.05, 0) is 33.6 Å². The second-order valence-corrected chi connectivity index (χ2v) is 5.09. The molecule has 4 N–H and O–H groups in total. The molecule has 0 saturated carbocycles. The van der Waals surface area contributed by atoms with Gasteiger partial charge in [0.2, 0.25) is 0 Å². The normalized spacial score (nSPS) is 11.1. The summed E-state index contributed by atoms with van der Waals surface area (Å²) in [5, 5.41) is 0.830. The van der Waals surface area contributed by atoms with Crippen molar-refractivity contribution in [2.24, 2.45) is 7.05 Å². The Bertz CT molecular complexity index is 761. The summed E-state index contributed by atoms with van der Waals surface area (Å²) in [5.41, 5.74) is 15.2. The number of aromatic nitrogens is 3. The van der Waals surface area contributed by atoms with Crippen LogP contribution in [0.3, 0.4) is 0 Å². The van der Waals surface area contributed by atoms with Crippen molar-refractivity contribution in [3.8, 4) is 11.3 Å². The van der Waals surface area contributed by atoms with Gasteiger partial charge in [0.25, 0.3) is 0 Å². The third-order valence-corrected chi connectivity index (χ3v) is 3.89. The molecule has 0 unspecified atom stereocenters. The van der Waals surface area contributed by atoms with Crippen molar-refractivity contribution in [2.75, 3.05) is 11.5 Å². The lowest BCUT2D eigenvalue weighted by atomic mass is 10.1. The van der Waals surface area contributed by atoms with Crippen LogP contribution in [-0.2, 0) is 7.05 Å². The fourth-order valence-corrected chi connectivity index (χ4v) is 3.06. The molecule has 19 heavy (non-hydrogen) atoms. The zero-order valence-electron chi connectivity index (χ0n) is 10.3. The fourth-order valence-electron chi connectivity index (χ4n) is 2.19. The van der Waals surface area contributed by atoms with E-state index in [-0.39, 0.29) is 0 Å². The van der Waals surface area contributed by atoms with Gasteiger partial charge < -0.3 is 16.0 Å². The first kappa shape index (κ1) is 12.0. The molecule has 0 radical (unpaired) electrons. The molecule has 0 amide bonds. The minimum Gasteiger partial charge on any atom is -0.399 e. The molecule has 96 valence electrons. The number of benzene rings is 1. The summed E-state index contributed by atoms with van der Waals surface area (Å²) in [6.45, 7) is 0. The van der Waals surface area contributed by atoms with Crippen LogP contribution in [0.2, 0.25) is 0 Å². The average molecular weight is 318 g/mol. The van der Waals surface area contributed by atoms with E-state index in [9.17, 15) is 0 Å². The highest BCUT2D eigenvalue weighted by Gasteiger charge is 2.18. The van der Waals surface area contributed by atoms with Gasteiger partial charge in [-0.1, -0.05) is 12.1 Å². The van der Waals surface area contributed by atoms with Gasteiger partial charge >= 0.3 is 0 Å². The highest BCUT2D eigenvalue weighted by Crippen LogP contribution is 2.38. The van der Waals surface area contributed by atoms with Gasteiger partial charge in [-0.2, -0.15) is 0 Å². The molecular formula is C13H12BrN5. The maximum atomic E-state index is 5.93. The Morgan fingerprint density at radius 1 is 1.11 bits per heavy atom. The monoisotopic (exact) mass is 317 g/mol. The maximum Gasteiger partial charge on any atom is 0.146 e. The van der Waals surface area contributed by atoms with Crippen molar-refractivity contribution < 1.29 is 0 Å². The van der Waals surface area contributed by atoms with Crippen LogP contribution < -0.4 is 11.5 Å². The topological polar surface area (TPSA) is 82.8 Å². The lowest BCUT2D eigenvalue weighted by molar-refractivity contribution is 0.951. The number of halogens is 1. The van der Waals surface area contributed by atoms with Crippen molar-refractivity contribution in [3.05, 3.63) is 35.1 Å². The van der Waals surface area contributed by atoms with Gasteiger partial charge in [0.1, 0.15) is 17.8 Å². The number of rotatable bonds is 1. The van der Waals surface area contributed by atoms with Crippen LogP contribution in [-0.4, -0.2) is 14.5 Å². The van der Waals surface area contributed by atoms with Crippen LogP contribution in [0.15, 0.2) is 35.1 Å². The first-order valence-corrected chi connectivity index (χ1v) is 6.49. The Kier molecular flexibility index (Phi) is 2.67. The van der Waals surface area contributed by atoms with Crippen LogP contribution in [0, 0.1) is 0 Å². The van der Waals surface area contributed by atoms with Crippen LogP contribution in [0.1, 0.15) is 0 Å². The van der Waals surface area contributed by atoms with Crippen molar-refractivity contribution >= 4 is 38.5 Å². The Morgan fingerprint density at radius 3 is 2.42 bits per heavy atom. The lowest BCUT2D eigenvalue weighted by Gasteiger charge is -2.05. The summed E-state index contributed by atoms with van der Waals surface area (Å²) in [6, 6.07) is 7.68. The second kappa shape index (κ2) is 4.24. The molecule has 0 aliphatic rings. The van der Waals surface area contributed by atoms with Crippen LogP contribution in [0.25, 0.3) is 22.3 Å². The number of hydrogen-bond donors (Lipinski definition) is 2. The molecule has 0 spiro atoms. The van der Waals surface area contributed by atoms with Gasteiger partial charge in [0.05, 0.1) is 15.6 Å². The Labute approximate surface area is 118 Å². The van der Waals surface area contributed by atoms with Crippen molar-refractivity contribution in [1.29, 1.82) is 0 Å². The number of nitrogens with two attached hydrogens (primary N) is 2. The largest absolute Gasteiger partial charge is 0.399 e. The zero-order chi connectivity index (χ0) is 13.6. The van der Waals surface area contributed by atoms with Crippen molar-refractivity contribution in [1.82, 2.24) is 14.5 Å². The predicted molar refractivity (Wildman–Crippen MR) is 80.5 cm³/mol. The summed E-state index contributed by atoms with van der Waals surface area (Å²) in [6.07, 6.45) is 1.47. The van der Waals surface area contributed by atoms with Crippen LogP contribution in [0.4, 0.5) is 11.5 Å². The van der Waals surface area contributed by atoms with E-state index in [0.29, 0.717) is 5.82 Å².